The van der Waals surface area contributed by atoms with Crippen LogP contribution in [-0.2, 0) is 4.79 Å². The molecule has 2 heterocycles. The van der Waals surface area contributed by atoms with E-state index in [1.807, 2.05) is 0 Å². The molecule has 2 rings (SSSR count). The normalized spacial score (nSPS) is 23.5. The van der Waals surface area contributed by atoms with Crippen LogP contribution in [0, 0.1) is 5.92 Å². The molecule has 0 aromatic heterocycles. The molecule has 102 valence electrons. The van der Waals surface area contributed by atoms with E-state index in [0.29, 0.717) is 6.04 Å². The Morgan fingerprint density at radius 3 is 2.06 bits per heavy atom. The molecule has 2 aliphatic heterocycles. The smallest absolute Gasteiger partial charge is 0.306 e. The number of rotatable bonds is 2. The van der Waals surface area contributed by atoms with Crippen LogP contribution in [0.25, 0.3) is 0 Å². The molecule has 0 aromatic rings. The van der Waals surface area contributed by atoms with E-state index in [9.17, 15) is 4.79 Å². The fraction of sp³-hybridized carbons (Fsp3) is 0.909. The number of nitrogens with zero attached hydrogens (tertiary/aromatic N) is 1. The number of halogens is 2. The topological polar surface area (TPSA) is 52.6 Å². The minimum atomic E-state index is -0.611. The average molecular weight is 285 g/mol. The van der Waals surface area contributed by atoms with Crippen molar-refractivity contribution in [3.63, 3.8) is 0 Å². The standard InChI is InChI=1S/C11H20N2O2.2ClH/c14-11(15)9-3-7-13(8-4-9)10-1-5-12-6-2-10;;/h9-10,12H,1-8H2,(H,14,15);2*1H. The van der Waals surface area contributed by atoms with Crippen LogP contribution in [-0.4, -0.2) is 48.2 Å². The van der Waals surface area contributed by atoms with Gasteiger partial charge >= 0.3 is 5.97 Å². The summed E-state index contributed by atoms with van der Waals surface area (Å²) >= 11 is 0. The van der Waals surface area contributed by atoms with Gasteiger partial charge in [-0.2, -0.15) is 0 Å². The zero-order valence-electron chi connectivity index (χ0n) is 9.93. The van der Waals surface area contributed by atoms with Crippen LogP contribution in [0.15, 0.2) is 0 Å². The Bertz CT molecular complexity index is 228. The third-order valence-corrected chi connectivity index (χ3v) is 3.70. The number of nitrogens with one attached hydrogen (secondary N) is 1. The van der Waals surface area contributed by atoms with Gasteiger partial charge in [0.25, 0.3) is 0 Å². The Kier molecular flexibility index (Phi) is 8.12. The lowest BCUT2D eigenvalue weighted by Crippen LogP contribution is -2.47. The number of carboxylic acid groups (broad SMARTS) is 1. The summed E-state index contributed by atoms with van der Waals surface area (Å²) in [6, 6.07) is 0.695. The summed E-state index contributed by atoms with van der Waals surface area (Å²) in [4.78, 5) is 13.3. The number of piperidine rings is 2. The van der Waals surface area contributed by atoms with E-state index in [-0.39, 0.29) is 30.7 Å². The van der Waals surface area contributed by atoms with Crippen molar-refractivity contribution in [2.75, 3.05) is 26.2 Å². The maximum Gasteiger partial charge on any atom is 0.306 e. The predicted molar refractivity (Wildman–Crippen MR) is 72.3 cm³/mol. The van der Waals surface area contributed by atoms with Crippen LogP contribution in [0.5, 0.6) is 0 Å². The average Bonchev–Trinajstić information content (AvgIpc) is 2.30. The Balaban J connectivity index is 0.00000128. The molecule has 0 radical (unpaired) electrons. The van der Waals surface area contributed by atoms with Crippen LogP contribution in [0.4, 0.5) is 0 Å². The highest BCUT2D eigenvalue weighted by molar-refractivity contribution is 5.85. The molecule has 6 heteroatoms. The van der Waals surface area contributed by atoms with Crippen molar-refractivity contribution in [2.45, 2.75) is 31.7 Å². The zero-order valence-corrected chi connectivity index (χ0v) is 11.6. The minimum absolute atomic E-state index is 0. The SMILES string of the molecule is Cl.Cl.O=C(O)C1CCN(C2CCNCC2)CC1. The second kappa shape index (κ2) is 8.14. The van der Waals surface area contributed by atoms with Gasteiger partial charge in [0.05, 0.1) is 5.92 Å². The molecule has 0 saturated carbocycles. The van der Waals surface area contributed by atoms with Crippen LogP contribution < -0.4 is 5.32 Å². The van der Waals surface area contributed by atoms with Gasteiger partial charge in [-0.15, -0.1) is 24.8 Å². The highest BCUT2D eigenvalue weighted by atomic mass is 35.5. The van der Waals surface area contributed by atoms with Crippen LogP contribution >= 0.6 is 24.8 Å². The largest absolute Gasteiger partial charge is 0.481 e. The molecule has 0 aromatic carbocycles. The molecule has 0 amide bonds. The van der Waals surface area contributed by atoms with E-state index in [1.54, 1.807) is 0 Å². The number of likely N-dealkylation sites (tertiary alicyclic amines) is 1. The summed E-state index contributed by atoms with van der Waals surface area (Å²) in [5.41, 5.74) is 0. The lowest BCUT2D eigenvalue weighted by atomic mass is 9.94. The third kappa shape index (κ3) is 4.62. The van der Waals surface area contributed by atoms with E-state index < -0.39 is 5.97 Å². The second-order valence-corrected chi connectivity index (χ2v) is 4.63. The molecule has 2 N–H and O–H groups in total. The van der Waals surface area contributed by atoms with Crippen molar-refractivity contribution >= 4 is 30.8 Å². The van der Waals surface area contributed by atoms with E-state index in [4.69, 9.17) is 5.11 Å². The lowest BCUT2D eigenvalue weighted by molar-refractivity contribution is -0.143. The first-order valence-corrected chi connectivity index (χ1v) is 5.95. The maximum absolute atomic E-state index is 10.8. The first-order valence-electron chi connectivity index (χ1n) is 5.95. The van der Waals surface area contributed by atoms with Crippen molar-refractivity contribution in [2.24, 2.45) is 5.92 Å². The van der Waals surface area contributed by atoms with Crippen molar-refractivity contribution in [3.05, 3.63) is 0 Å². The van der Waals surface area contributed by atoms with E-state index >= 15 is 0 Å². The monoisotopic (exact) mass is 284 g/mol. The Morgan fingerprint density at radius 1 is 1.06 bits per heavy atom. The molecule has 0 unspecified atom stereocenters. The van der Waals surface area contributed by atoms with Gasteiger partial charge in [-0.1, -0.05) is 0 Å². The van der Waals surface area contributed by atoms with Gasteiger partial charge < -0.3 is 15.3 Å². The molecule has 2 aliphatic rings. The van der Waals surface area contributed by atoms with E-state index in [0.717, 1.165) is 39.0 Å². The molecule has 17 heavy (non-hydrogen) atoms. The molecule has 0 spiro atoms. The van der Waals surface area contributed by atoms with Gasteiger partial charge in [-0.05, 0) is 51.9 Å². The molecular weight excluding hydrogens is 263 g/mol. The number of aliphatic carboxylic acids is 1. The predicted octanol–water partition coefficient (Wildman–Crippen LogP) is 1.38. The molecular formula is C11H22Cl2N2O2. The molecule has 4 nitrogen and oxygen atoms in total. The summed E-state index contributed by atoms with van der Waals surface area (Å²) < 4.78 is 0. The Labute approximate surface area is 115 Å². The molecule has 0 bridgehead atoms. The Morgan fingerprint density at radius 2 is 1.59 bits per heavy atom. The van der Waals surface area contributed by atoms with Crippen LogP contribution in [0.1, 0.15) is 25.7 Å². The molecule has 0 aliphatic carbocycles. The minimum Gasteiger partial charge on any atom is -0.481 e. The van der Waals surface area contributed by atoms with Gasteiger partial charge in [0.2, 0.25) is 0 Å². The fourth-order valence-electron chi connectivity index (χ4n) is 2.68. The number of hydrogen-bond acceptors (Lipinski definition) is 3. The van der Waals surface area contributed by atoms with Gasteiger partial charge in [0.15, 0.2) is 0 Å². The van der Waals surface area contributed by atoms with Gasteiger partial charge in [0, 0.05) is 6.04 Å². The van der Waals surface area contributed by atoms with Gasteiger partial charge in [0.1, 0.15) is 0 Å². The zero-order chi connectivity index (χ0) is 10.7. The van der Waals surface area contributed by atoms with Crippen LogP contribution in [0.2, 0.25) is 0 Å². The molecule has 0 atom stereocenters. The summed E-state index contributed by atoms with van der Waals surface area (Å²) in [5.74, 6) is -0.706. The van der Waals surface area contributed by atoms with Crippen molar-refractivity contribution in [3.8, 4) is 0 Å². The number of carbonyl (C=O) groups is 1. The molecule has 2 fully saturated rings. The van der Waals surface area contributed by atoms with Crippen molar-refractivity contribution in [1.29, 1.82) is 0 Å². The highest BCUT2D eigenvalue weighted by Gasteiger charge is 2.28. The Hall–Kier alpha value is -0.0300. The summed E-state index contributed by atoms with van der Waals surface area (Å²) in [5, 5.41) is 12.3. The summed E-state index contributed by atoms with van der Waals surface area (Å²) in [7, 11) is 0. The first kappa shape index (κ1) is 17.0. The fourth-order valence-corrected chi connectivity index (χ4v) is 2.68. The second-order valence-electron chi connectivity index (χ2n) is 4.63. The maximum atomic E-state index is 10.8. The first-order chi connectivity index (χ1) is 7.27. The van der Waals surface area contributed by atoms with E-state index in [2.05, 4.69) is 10.2 Å². The highest BCUT2D eigenvalue weighted by Crippen LogP contribution is 2.22. The third-order valence-electron chi connectivity index (χ3n) is 3.70. The van der Waals surface area contributed by atoms with Gasteiger partial charge in [-0.25, -0.2) is 0 Å². The molecule has 2 saturated heterocycles. The summed E-state index contributed by atoms with van der Waals surface area (Å²) in [6.07, 6.45) is 4.11. The quantitative estimate of drug-likeness (QED) is 0.805. The lowest BCUT2D eigenvalue weighted by Gasteiger charge is -2.38. The number of hydrogen-bond donors (Lipinski definition) is 2. The van der Waals surface area contributed by atoms with Gasteiger partial charge in [-0.3, -0.25) is 4.79 Å². The number of carboxylic acids is 1. The van der Waals surface area contributed by atoms with Crippen molar-refractivity contribution in [1.82, 2.24) is 10.2 Å². The summed E-state index contributed by atoms with van der Waals surface area (Å²) in [6.45, 7) is 4.18. The van der Waals surface area contributed by atoms with Crippen LogP contribution in [0.3, 0.4) is 0 Å². The van der Waals surface area contributed by atoms with Crippen molar-refractivity contribution < 1.29 is 9.90 Å². The van der Waals surface area contributed by atoms with E-state index in [1.165, 1.54) is 12.8 Å².